The third kappa shape index (κ3) is 4.00. The Bertz CT molecular complexity index is 630. The number of nitrogen functional groups attached to an aromatic ring is 1. The summed E-state index contributed by atoms with van der Waals surface area (Å²) in [5.41, 5.74) is 5.99. The Morgan fingerprint density at radius 2 is 2.11 bits per heavy atom. The van der Waals surface area contributed by atoms with Crippen molar-refractivity contribution in [2.75, 3.05) is 12.0 Å². The highest BCUT2D eigenvalue weighted by atomic mass is 32.2. The van der Waals surface area contributed by atoms with Gasteiger partial charge in [-0.15, -0.1) is 6.42 Å². The zero-order chi connectivity index (χ0) is 14.6. The van der Waals surface area contributed by atoms with Gasteiger partial charge in [0.15, 0.2) is 9.84 Å². The van der Waals surface area contributed by atoms with Crippen LogP contribution in [-0.4, -0.2) is 26.6 Å². The molecule has 1 aromatic carbocycles. The molecule has 0 heterocycles. The van der Waals surface area contributed by atoms with E-state index in [4.69, 9.17) is 12.2 Å². The van der Waals surface area contributed by atoms with Crippen LogP contribution in [0, 0.1) is 12.3 Å². The maximum absolute atomic E-state index is 11.9. The van der Waals surface area contributed by atoms with Crippen LogP contribution >= 0.6 is 0 Å². The van der Waals surface area contributed by atoms with Gasteiger partial charge >= 0.3 is 0 Å². The number of hydrogen-bond donors (Lipinski definition) is 2. The van der Waals surface area contributed by atoms with Crippen LogP contribution in [0.3, 0.4) is 0 Å². The molecular weight excluding hydrogens is 264 g/mol. The molecule has 102 valence electrons. The second-order valence-electron chi connectivity index (χ2n) is 4.16. The number of sulfone groups is 1. The van der Waals surface area contributed by atoms with Crippen LogP contribution in [0.5, 0.6) is 0 Å². The molecule has 6 heteroatoms. The van der Waals surface area contributed by atoms with Crippen molar-refractivity contribution in [2.24, 2.45) is 0 Å². The Hall–Kier alpha value is -2.00. The number of nitrogens with one attached hydrogen (secondary N) is 1. The minimum absolute atomic E-state index is 0.00593. The lowest BCUT2D eigenvalue weighted by atomic mass is 10.1. The van der Waals surface area contributed by atoms with Gasteiger partial charge < -0.3 is 11.1 Å². The molecule has 1 amide bonds. The molecule has 1 rings (SSSR count). The van der Waals surface area contributed by atoms with Crippen molar-refractivity contribution in [3.8, 4) is 12.3 Å². The maximum atomic E-state index is 11.9. The zero-order valence-corrected chi connectivity index (χ0v) is 11.6. The van der Waals surface area contributed by atoms with E-state index in [-0.39, 0.29) is 16.1 Å². The van der Waals surface area contributed by atoms with Gasteiger partial charge in [-0.2, -0.15) is 0 Å². The number of amides is 1. The molecule has 1 atom stereocenters. The number of carbonyl (C=O) groups is 1. The number of carbonyl (C=O) groups excluding carboxylic acids is 1. The van der Waals surface area contributed by atoms with E-state index in [1.165, 1.54) is 18.2 Å². The van der Waals surface area contributed by atoms with E-state index in [0.717, 1.165) is 6.26 Å². The number of nitrogens with two attached hydrogens (primary N) is 1. The molecule has 19 heavy (non-hydrogen) atoms. The highest BCUT2D eigenvalue weighted by Gasteiger charge is 2.15. The molecule has 0 fully saturated rings. The fourth-order valence-corrected chi connectivity index (χ4v) is 2.16. The zero-order valence-electron chi connectivity index (χ0n) is 10.8. The molecule has 0 bridgehead atoms. The Balaban J connectivity index is 3.12. The summed E-state index contributed by atoms with van der Waals surface area (Å²) in [5, 5.41) is 2.61. The topological polar surface area (TPSA) is 89.3 Å². The summed E-state index contributed by atoms with van der Waals surface area (Å²) < 4.78 is 22.9. The van der Waals surface area contributed by atoms with E-state index >= 15 is 0 Å². The minimum atomic E-state index is -3.42. The fourth-order valence-electron chi connectivity index (χ4n) is 1.47. The molecule has 0 aliphatic heterocycles. The van der Waals surface area contributed by atoms with E-state index in [1.54, 1.807) is 0 Å². The smallest absolute Gasteiger partial charge is 0.252 e. The van der Waals surface area contributed by atoms with Crippen LogP contribution in [0.1, 0.15) is 23.7 Å². The highest BCUT2D eigenvalue weighted by molar-refractivity contribution is 7.90. The largest absolute Gasteiger partial charge is 0.399 e. The van der Waals surface area contributed by atoms with Gasteiger partial charge in [-0.3, -0.25) is 4.79 Å². The monoisotopic (exact) mass is 280 g/mol. The van der Waals surface area contributed by atoms with Crippen LogP contribution in [0.25, 0.3) is 0 Å². The van der Waals surface area contributed by atoms with Gasteiger partial charge in [-0.1, -0.05) is 12.8 Å². The van der Waals surface area contributed by atoms with Crippen LogP contribution in [0.2, 0.25) is 0 Å². The number of anilines is 1. The molecule has 0 spiro atoms. The van der Waals surface area contributed by atoms with E-state index in [1.807, 2.05) is 6.92 Å². The van der Waals surface area contributed by atoms with Crippen LogP contribution in [0.15, 0.2) is 23.1 Å². The quantitative estimate of drug-likeness (QED) is 0.631. The summed E-state index contributed by atoms with van der Waals surface area (Å²) in [7, 11) is -3.42. The van der Waals surface area contributed by atoms with Gasteiger partial charge in [-0.05, 0) is 24.6 Å². The van der Waals surface area contributed by atoms with Crippen LogP contribution in [0.4, 0.5) is 5.69 Å². The molecule has 1 aromatic rings. The summed E-state index contributed by atoms with van der Waals surface area (Å²) in [5.74, 6) is 1.99. The molecule has 0 aliphatic carbocycles. The lowest BCUT2D eigenvalue weighted by Crippen LogP contribution is -2.33. The number of rotatable bonds is 4. The van der Waals surface area contributed by atoms with Gasteiger partial charge in [0.2, 0.25) is 0 Å². The summed E-state index contributed by atoms with van der Waals surface area (Å²) in [6.45, 7) is 1.84. The Kier molecular flexibility index (Phi) is 4.57. The van der Waals surface area contributed by atoms with Crippen LogP contribution in [-0.2, 0) is 9.84 Å². The normalized spacial score (nSPS) is 12.5. The first-order valence-corrected chi connectivity index (χ1v) is 7.54. The van der Waals surface area contributed by atoms with E-state index in [0.29, 0.717) is 6.42 Å². The second kappa shape index (κ2) is 5.76. The van der Waals surface area contributed by atoms with Crippen molar-refractivity contribution >= 4 is 21.4 Å². The Morgan fingerprint density at radius 1 is 1.47 bits per heavy atom. The van der Waals surface area contributed by atoms with Crippen LogP contribution < -0.4 is 11.1 Å². The summed E-state index contributed by atoms with van der Waals surface area (Å²) in [4.78, 5) is 12.0. The van der Waals surface area contributed by atoms with Crippen molar-refractivity contribution in [3.63, 3.8) is 0 Å². The predicted molar refractivity (Wildman–Crippen MR) is 74.3 cm³/mol. The number of terminal acetylenes is 1. The lowest BCUT2D eigenvalue weighted by Gasteiger charge is -2.11. The maximum Gasteiger partial charge on any atom is 0.252 e. The van der Waals surface area contributed by atoms with Crippen molar-refractivity contribution < 1.29 is 13.2 Å². The molecule has 1 unspecified atom stereocenters. The average molecular weight is 280 g/mol. The van der Waals surface area contributed by atoms with Gasteiger partial charge in [-0.25, -0.2) is 8.42 Å². The minimum Gasteiger partial charge on any atom is -0.399 e. The molecule has 5 nitrogen and oxygen atoms in total. The first kappa shape index (κ1) is 15.1. The van der Waals surface area contributed by atoms with Gasteiger partial charge in [0.05, 0.1) is 10.9 Å². The number of benzene rings is 1. The van der Waals surface area contributed by atoms with Crippen molar-refractivity contribution in [3.05, 3.63) is 23.8 Å². The van der Waals surface area contributed by atoms with Gasteiger partial charge in [0.1, 0.15) is 0 Å². The molecule has 3 N–H and O–H groups in total. The third-order valence-corrected chi connectivity index (χ3v) is 3.63. The molecule has 0 aliphatic rings. The average Bonchev–Trinajstić information content (AvgIpc) is 2.33. The molecule has 0 radical (unpaired) electrons. The summed E-state index contributed by atoms with van der Waals surface area (Å²) in [6, 6.07) is 3.61. The summed E-state index contributed by atoms with van der Waals surface area (Å²) >= 11 is 0. The Labute approximate surface area is 113 Å². The van der Waals surface area contributed by atoms with Crippen molar-refractivity contribution in [1.29, 1.82) is 0 Å². The molecule has 0 saturated carbocycles. The highest BCUT2D eigenvalue weighted by Crippen LogP contribution is 2.17. The third-order valence-electron chi connectivity index (χ3n) is 2.53. The van der Waals surface area contributed by atoms with Crippen molar-refractivity contribution in [2.45, 2.75) is 24.3 Å². The number of hydrogen-bond acceptors (Lipinski definition) is 4. The van der Waals surface area contributed by atoms with Gasteiger partial charge in [0, 0.05) is 17.5 Å². The lowest BCUT2D eigenvalue weighted by molar-refractivity contribution is 0.0945. The van der Waals surface area contributed by atoms with E-state index in [9.17, 15) is 13.2 Å². The molecular formula is C13H16N2O3S. The first-order chi connectivity index (χ1) is 8.77. The second-order valence-corrected chi connectivity index (χ2v) is 6.18. The standard InChI is InChI=1S/C13H16N2O3S/c1-4-11(5-2)15-13(16)9-6-10(14)8-12(7-9)19(3,17)18/h1,6-8,11H,5,14H2,2-3H3,(H,15,16). The van der Waals surface area contributed by atoms with E-state index in [2.05, 4.69) is 11.2 Å². The Morgan fingerprint density at radius 3 is 2.58 bits per heavy atom. The van der Waals surface area contributed by atoms with Gasteiger partial charge in [0.25, 0.3) is 5.91 Å². The van der Waals surface area contributed by atoms with E-state index < -0.39 is 21.8 Å². The SMILES string of the molecule is C#CC(CC)NC(=O)c1cc(N)cc(S(C)(=O)=O)c1. The van der Waals surface area contributed by atoms with Crippen molar-refractivity contribution in [1.82, 2.24) is 5.32 Å². The predicted octanol–water partition coefficient (Wildman–Crippen LogP) is 0.814. The fraction of sp³-hybridized carbons (Fsp3) is 0.308. The first-order valence-electron chi connectivity index (χ1n) is 5.65. The summed E-state index contributed by atoms with van der Waals surface area (Å²) in [6.07, 6.45) is 6.90. The molecule has 0 saturated heterocycles. The molecule has 0 aromatic heterocycles.